The Balaban J connectivity index is 1.56. The number of aromatic nitrogens is 1. The number of hydrogen-bond acceptors (Lipinski definition) is 7. The van der Waals surface area contributed by atoms with E-state index in [2.05, 4.69) is 26.3 Å². The largest absolute Gasteiger partial charge is 0.465 e. The molecule has 2 aromatic carbocycles. The predicted octanol–water partition coefficient (Wildman–Crippen LogP) is 4.43. The van der Waals surface area contributed by atoms with Gasteiger partial charge < -0.3 is 30.3 Å². The highest BCUT2D eigenvalue weighted by Gasteiger charge is 2.22. The molecular weight excluding hydrogens is 583 g/mol. The smallest absolute Gasteiger partial charge is 0.412 e. The van der Waals surface area contributed by atoms with Gasteiger partial charge in [0.1, 0.15) is 24.8 Å². The highest BCUT2D eigenvalue weighted by Crippen LogP contribution is 2.20. The van der Waals surface area contributed by atoms with Crippen LogP contribution < -0.4 is 21.3 Å². The number of urea groups is 2. The Kier molecular flexibility index (Phi) is 12.8. The number of carbonyl (C=O) groups is 4. The molecule has 0 aliphatic heterocycles. The summed E-state index contributed by atoms with van der Waals surface area (Å²) in [4.78, 5) is 54.4. The van der Waals surface area contributed by atoms with E-state index < -0.39 is 36.0 Å². The van der Waals surface area contributed by atoms with Crippen molar-refractivity contribution in [1.29, 1.82) is 0 Å². The summed E-state index contributed by atoms with van der Waals surface area (Å²) >= 11 is 5.99. The van der Waals surface area contributed by atoms with Gasteiger partial charge in [-0.2, -0.15) is 0 Å². The van der Waals surface area contributed by atoms with Crippen molar-refractivity contribution >= 4 is 52.3 Å². The summed E-state index contributed by atoms with van der Waals surface area (Å²) in [6.45, 7) is 1.62. The van der Waals surface area contributed by atoms with Crippen LogP contribution in [0.5, 0.6) is 0 Å². The van der Waals surface area contributed by atoms with E-state index >= 15 is 0 Å². The lowest BCUT2D eigenvalue weighted by Gasteiger charge is -2.28. The summed E-state index contributed by atoms with van der Waals surface area (Å²) in [5, 5.41) is 12.0. The van der Waals surface area contributed by atoms with Gasteiger partial charge in [0.25, 0.3) is 0 Å². The highest BCUT2D eigenvalue weighted by atomic mass is 35.5. The summed E-state index contributed by atoms with van der Waals surface area (Å²) in [5.74, 6) is -0.852. The zero-order chi connectivity index (χ0) is 31.2. The minimum atomic E-state index is -0.760. The Morgan fingerprint density at radius 1 is 1.02 bits per heavy atom. The molecule has 3 rings (SSSR count). The topological polar surface area (TPSA) is 151 Å². The molecule has 1 heterocycles. The van der Waals surface area contributed by atoms with Crippen molar-refractivity contribution in [3.8, 4) is 0 Å². The van der Waals surface area contributed by atoms with Crippen LogP contribution in [0.15, 0.2) is 54.7 Å². The third kappa shape index (κ3) is 10.6. The predicted molar refractivity (Wildman–Crippen MR) is 159 cm³/mol. The van der Waals surface area contributed by atoms with Crippen molar-refractivity contribution in [2.24, 2.45) is 0 Å². The minimum Gasteiger partial charge on any atom is -0.465 e. The normalized spacial score (nSPS) is 11.3. The molecule has 0 spiro atoms. The van der Waals surface area contributed by atoms with Gasteiger partial charge >= 0.3 is 24.1 Å². The first-order chi connectivity index (χ1) is 20.7. The van der Waals surface area contributed by atoms with E-state index in [4.69, 9.17) is 21.1 Å². The van der Waals surface area contributed by atoms with E-state index in [0.29, 0.717) is 24.2 Å². The summed E-state index contributed by atoms with van der Waals surface area (Å²) in [6.07, 6.45) is 1.61. The summed E-state index contributed by atoms with van der Waals surface area (Å²) in [6, 6.07) is 11.9. The number of pyridine rings is 1. The van der Waals surface area contributed by atoms with Crippen LogP contribution in [-0.4, -0.2) is 73.4 Å². The van der Waals surface area contributed by atoms with Gasteiger partial charge in [-0.3, -0.25) is 10.1 Å². The number of amides is 5. The molecule has 0 bridgehead atoms. The fourth-order valence-corrected chi connectivity index (χ4v) is 4.16. The Bertz CT molecular complexity index is 1430. The minimum absolute atomic E-state index is 0.0242. The molecule has 0 saturated heterocycles. The summed E-state index contributed by atoms with van der Waals surface area (Å²) in [5.41, 5.74) is 0.400. The molecule has 1 unspecified atom stereocenters. The van der Waals surface area contributed by atoms with Crippen molar-refractivity contribution in [1.82, 2.24) is 25.8 Å². The molecule has 5 amide bonds. The monoisotopic (exact) mass is 616 g/mol. The maximum absolute atomic E-state index is 13.8. The SMILES string of the molecule is CCOC(=O)CNC(=O)NCCCC(COC(=O)Nc1cc2ccccc2cn1)N(C)C(=O)NCc1cccc(F)c1Cl. The van der Waals surface area contributed by atoms with Crippen LogP contribution in [0, 0.1) is 5.82 Å². The molecule has 1 aromatic heterocycles. The van der Waals surface area contributed by atoms with Crippen molar-refractivity contribution in [2.75, 3.05) is 38.7 Å². The number of nitrogens with one attached hydrogen (secondary N) is 4. The molecule has 4 N–H and O–H groups in total. The molecule has 12 nitrogen and oxygen atoms in total. The lowest BCUT2D eigenvalue weighted by atomic mass is 10.1. The zero-order valence-electron chi connectivity index (χ0n) is 23.8. The molecule has 14 heteroatoms. The first kappa shape index (κ1) is 32.9. The van der Waals surface area contributed by atoms with E-state index in [9.17, 15) is 23.6 Å². The second-order valence-electron chi connectivity index (χ2n) is 9.33. The van der Waals surface area contributed by atoms with Crippen LogP contribution >= 0.6 is 11.6 Å². The van der Waals surface area contributed by atoms with Crippen LogP contribution in [0.2, 0.25) is 5.02 Å². The Hall–Kier alpha value is -4.65. The first-order valence-corrected chi connectivity index (χ1v) is 13.9. The van der Waals surface area contributed by atoms with Gasteiger partial charge in [-0.05, 0) is 42.8 Å². The van der Waals surface area contributed by atoms with Crippen LogP contribution in [0.25, 0.3) is 10.8 Å². The molecule has 43 heavy (non-hydrogen) atoms. The van der Waals surface area contributed by atoms with Crippen molar-refractivity contribution in [3.05, 3.63) is 71.1 Å². The summed E-state index contributed by atoms with van der Waals surface area (Å²) in [7, 11) is 1.53. The van der Waals surface area contributed by atoms with Crippen molar-refractivity contribution < 1.29 is 33.0 Å². The maximum atomic E-state index is 13.8. The lowest BCUT2D eigenvalue weighted by molar-refractivity contribution is -0.141. The number of nitrogens with zero attached hydrogens (tertiary/aromatic N) is 2. The third-order valence-electron chi connectivity index (χ3n) is 6.30. The van der Waals surface area contributed by atoms with Gasteiger partial charge in [0.15, 0.2) is 0 Å². The van der Waals surface area contributed by atoms with Crippen LogP contribution in [-0.2, 0) is 20.8 Å². The Labute approximate surface area is 253 Å². The fourth-order valence-electron chi connectivity index (χ4n) is 3.97. The van der Waals surface area contributed by atoms with Crippen LogP contribution in [0.3, 0.4) is 0 Å². The fraction of sp³-hybridized carbons (Fsp3) is 0.345. The zero-order valence-corrected chi connectivity index (χ0v) is 24.6. The molecule has 0 fully saturated rings. The van der Waals surface area contributed by atoms with E-state index in [1.54, 1.807) is 25.3 Å². The number of anilines is 1. The van der Waals surface area contributed by atoms with Crippen molar-refractivity contribution in [2.45, 2.75) is 32.4 Å². The van der Waals surface area contributed by atoms with E-state index in [0.717, 1.165) is 10.8 Å². The summed E-state index contributed by atoms with van der Waals surface area (Å²) < 4.78 is 24.0. The van der Waals surface area contributed by atoms with Crippen molar-refractivity contribution in [3.63, 3.8) is 0 Å². The Morgan fingerprint density at radius 2 is 1.79 bits per heavy atom. The van der Waals surface area contributed by atoms with E-state index in [1.807, 2.05) is 24.3 Å². The quantitative estimate of drug-likeness (QED) is 0.164. The molecular formula is C29H34ClFN6O6. The van der Waals surface area contributed by atoms with Crippen LogP contribution in [0.4, 0.5) is 24.6 Å². The second-order valence-corrected chi connectivity index (χ2v) is 9.71. The van der Waals surface area contributed by atoms with E-state index in [-0.39, 0.29) is 37.9 Å². The number of likely N-dealkylation sites (N-methyl/N-ethyl adjacent to an activating group) is 1. The number of hydrogen-bond donors (Lipinski definition) is 4. The number of fused-ring (bicyclic) bond motifs is 1. The lowest BCUT2D eigenvalue weighted by Crippen LogP contribution is -2.46. The molecule has 3 aromatic rings. The average molecular weight is 617 g/mol. The molecule has 0 aliphatic carbocycles. The number of esters is 1. The standard InChI is InChI=1S/C29H34ClFN6O6/c1-3-42-25(38)17-34-27(39)32-13-7-11-22(37(2)28(40)35-16-21-10-6-12-23(31)26(21)30)18-43-29(41)36-24-14-19-8-4-5-9-20(19)15-33-24/h4-6,8-10,12,14-15,22H,3,7,11,13,16-18H2,1-2H3,(H,35,40)(H2,32,34,39)(H,33,36,41). The van der Waals surface area contributed by atoms with E-state index in [1.165, 1.54) is 24.1 Å². The average Bonchev–Trinajstić information content (AvgIpc) is 3.00. The number of rotatable bonds is 13. The Morgan fingerprint density at radius 3 is 2.56 bits per heavy atom. The number of ether oxygens (including phenoxy) is 2. The third-order valence-corrected chi connectivity index (χ3v) is 6.72. The van der Waals surface area contributed by atoms with Crippen LogP contribution in [0.1, 0.15) is 25.3 Å². The van der Waals surface area contributed by atoms with Gasteiger partial charge in [0.2, 0.25) is 0 Å². The molecule has 1 atom stereocenters. The first-order valence-electron chi connectivity index (χ1n) is 13.6. The molecule has 0 aliphatic rings. The second kappa shape index (κ2) is 16.7. The molecule has 0 radical (unpaired) electrons. The molecule has 0 saturated carbocycles. The molecule has 230 valence electrons. The van der Waals surface area contributed by atoms with Gasteiger partial charge in [-0.25, -0.2) is 23.8 Å². The van der Waals surface area contributed by atoms with Gasteiger partial charge in [0, 0.05) is 31.7 Å². The van der Waals surface area contributed by atoms with Gasteiger partial charge in [-0.1, -0.05) is 48.0 Å². The van der Waals surface area contributed by atoms with Gasteiger partial charge in [-0.15, -0.1) is 0 Å². The number of benzene rings is 2. The number of carbonyl (C=O) groups excluding carboxylic acids is 4. The maximum Gasteiger partial charge on any atom is 0.412 e. The van der Waals surface area contributed by atoms with Gasteiger partial charge in [0.05, 0.1) is 17.7 Å². The number of halogens is 2. The highest BCUT2D eigenvalue weighted by molar-refractivity contribution is 6.31.